The lowest BCUT2D eigenvalue weighted by Gasteiger charge is -2.05. The molecule has 0 unspecified atom stereocenters. The first kappa shape index (κ1) is 20.6. The average Bonchev–Trinajstić information content (AvgIpc) is 3.18. The Hall–Kier alpha value is -3.66. The van der Waals surface area contributed by atoms with Crippen molar-refractivity contribution in [1.29, 1.82) is 0 Å². The highest BCUT2D eigenvalue weighted by Crippen LogP contribution is 2.18. The molecule has 0 fully saturated rings. The van der Waals surface area contributed by atoms with Crippen LogP contribution in [-0.2, 0) is 19.4 Å². The molecule has 0 radical (unpaired) electrons. The molecule has 156 valence electrons. The zero-order valence-corrected chi connectivity index (χ0v) is 18.0. The maximum absolute atomic E-state index is 12.8. The summed E-state index contributed by atoms with van der Waals surface area (Å²) >= 11 is 0. The number of H-pyrrole nitrogens is 1. The van der Waals surface area contributed by atoms with E-state index in [2.05, 4.69) is 77.7 Å². The van der Waals surface area contributed by atoms with E-state index in [9.17, 15) is 4.79 Å². The van der Waals surface area contributed by atoms with Crippen molar-refractivity contribution in [2.75, 3.05) is 0 Å². The van der Waals surface area contributed by atoms with Crippen molar-refractivity contribution in [1.82, 2.24) is 15.3 Å². The SMILES string of the molecule is Cc1ccc(Cc2nc(C(=O)NCc3ccccc3)[nH]c2Cc2ccc(C)cc2)cc1. The standard InChI is InChI=1S/C27H27N3O/c1-19-8-12-21(13-9-19)16-24-25(17-22-14-10-20(2)11-15-22)30-26(29-24)27(31)28-18-23-6-4-3-5-7-23/h3-15H,16-18H2,1-2H3,(H,28,31)(H,29,30). The number of aromatic nitrogens is 2. The second-order valence-electron chi connectivity index (χ2n) is 8.00. The van der Waals surface area contributed by atoms with E-state index in [1.165, 1.54) is 22.3 Å². The Balaban J connectivity index is 1.56. The van der Waals surface area contributed by atoms with Gasteiger partial charge in [-0.1, -0.05) is 90.0 Å². The van der Waals surface area contributed by atoms with Crippen LogP contribution in [0.4, 0.5) is 0 Å². The van der Waals surface area contributed by atoms with Crippen LogP contribution in [0.15, 0.2) is 78.9 Å². The Morgan fingerprint density at radius 2 is 1.35 bits per heavy atom. The van der Waals surface area contributed by atoms with Gasteiger partial charge in [-0.2, -0.15) is 0 Å². The van der Waals surface area contributed by atoms with Gasteiger partial charge in [0, 0.05) is 25.1 Å². The van der Waals surface area contributed by atoms with Gasteiger partial charge in [0.2, 0.25) is 0 Å². The van der Waals surface area contributed by atoms with Gasteiger partial charge in [-0.15, -0.1) is 0 Å². The van der Waals surface area contributed by atoms with Crippen LogP contribution in [-0.4, -0.2) is 15.9 Å². The number of hydrogen-bond acceptors (Lipinski definition) is 2. The number of imidazole rings is 1. The molecule has 0 aliphatic rings. The van der Waals surface area contributed by atoms with Crippen LogP contribution < -0.4 is 5.32 Å². The molecule has 0 spiro atoms. The maximum atomic E-state index is 12.8. The summed E-state index contributed by atoms with van der Waals surface area (Å²) in [6.45, 7) is 4.63. The summed E-state index contributed by atoms with van der Waals surface area (Å²) in [4.78, 5) is 20.7. The number of nitrogens with zero attached hydrogens (tertiary/aromatic N) is 1. The van der Waals surface area contributed by atoms with Crippen LogP contribution in [0.25, 0.3) is 0 Å². The molecule has 0 saturated heterocycles. The van der Waals surface area contributed by atoms with Crippen LogP contribution >= 0.6 is 0 Å². The number of nitrogens with one attached hydrogen (secondary N) is 2. The summed E-state index contributed by atoms with van der Waals surface area (Å²) in [6, 6.07) is 26.8. The molecule has 0 aliphatic carbocycles. The predicted octanol–water partition coefficient (Wildman–Crippen LogP) is 5.14. The molecule has 1 heterocycles. The van der Waals surface area contributed by atoms with E-state index in [0.717, 1.165) is 17.0 Å². The molecule has 4 aromatic rings. The molecule has 31 heavy (non-hydrogen) atoms. The molecule has 4 heteroatoms. The number of aryl methyl sites for hydroxylation is 2. The van der Waals surface area contributed by atoms with E-state index < -0.39 is 0 Å². The first-order valence-corrected chi connectivity index (χ1v) is 10.6. The highest BCUT2D eigenvalue weighted by atomic mass is 16.2. The molecule has 0 aliphatic heterocycles. The van der Waals surface area contributed by atoms with Gasteiger partial charge in [-0.3, -0.25) is 4.79 Å². The minimum atomic E-state index is -0.191. The first-order valence-electron chi connectivity index (χ1n) is 10.6. The van der Waals surface area contributed by atoms with Crippen LogP contribution in [0.3, 0.4) is 0 Å². The number of rotatable bonds is 7. The molecule has 3 aromatic carbocycles. The fourth-order valence-corrected chi connectivity index (χ4v) is 3.52. The summed E-state index contributed by atoms with van der Waals surface area (Å²) in [5.74, 6) is 0.171. The van der Waals surface area contributed by atoms with Gasteiger partial charge >= 0.3 is 0 Å². The Kier molecular flexibility index (Phi) is 6.27. The summed E-state index contributed by atoms with van der Waals surface area (Å²) in [5, 5.41) is 2.97. The van der Waals surface area contributed by atoms with Crippen LogP contribution in [0, 0.1) is 13.8 Å². The largest absolute Gasteiger partial charge is 0.345 e. The van der Waals surface area contributed by atoms with E-state index in [1.807, 2.05) is 30.3 Å². The van der Waals surface area contributed by atoms with Gasteiger partial charge in [0.15, 0.2) is 5.82 Å². The minimum Gasteiger partial charge on any atom is -0.345 e. The topological polar surface area (TPSA) is 57.8 Å². The van der Waals surface area contributed by atoms with E-state index in [1.54, 1.807) is 0 Å². The summed E-state index contributed by atoms with van der Waals surface area (Å²) in [5.41, 5.74) is 7.78. The van der Waals surface area contributed by atoms with Crippen molar-refractivity contribution in [3.63, 3.8) is 0 Å². The third-order valence-corrected chi connectivity index (χ3v) is 5.37. The highest BCUT2D eigenvalue weighted by Gasteiger charge is 2.16. The molecule has 0 atom stereocenters. The van der Waals surface area contributed by atoms with Crippen LogP contribution in [0.5, 0.6) is 0 Å². The third-order valence-electron chi connectivity index (χ3n) is 5.37. The maximum Gasteiger partial charge on any atom is 0.287 e. The number of amides is 1. The van der Waals surface area contributed by atoms with E-state index >= 15 is 0 Å². The Morgan fingerprint density at radius 3 is 1.97 bits per heavy atom. The van der Waals surface area contributed by atoms with Crippen LogP contribution in [0.2, 0.25) is 0 Å². The highest BCUT2D eigenvalue weighted by molar-refractivity contribution is 5.90. The monoisotopic (exact) mass is 409 g/mol. The number of carbonyl (C=O) groups is 1. The summed E-state index contributed by atoms with van der Waals surface area (Å²) in [6.07, 6.45) is 1.39. The fourth-order valence-electron chi connectivity index (χ4n) is 3.52. The molecular weight excluding hydrogens is 382 g/mol. The summed E-state index contributed by atoms with van der Waals surface area (Å²) in [7, 11) is 0. The Bertz CT molecular complexity index is 1080. The van der Waals surface area contributed by atoms with Crippen molar-refractivity contribution in [3.05, 3.63) is 124 Å². The Morgan fingerprint density at radius 1 is 0.774 bits per heavy atom. The quantitative estimate of drug-likeness (QED) is 0.444. The molecule has 2 N–H and O–H groups in total. The van der Waals surface area contributed by atoms with E-state index in [-0.39, 0.29) is 5.91 Å². The number of aromatic amines is 1. The smallest absolute Gasteiger partial charge is 0.287 e. The van der Waals surface area contributed by atoms with Crippen molar-refractivity contribution >= 4 is 5.91 Å². The molecule has 4 nitrogen and oxygen atoms in total. The zero-order valence-electron chi connectivity index (χ0n) is 18.0. The van der Waals surface area contributed by atoms with Crippen molar-refractivity contribution in [2.45, 2.75) is 33.2 Å². The lowest BCUT2D eigenvalue weighted by molar-refractivity contribution is 0.0941. The summed E-state index contributed by atoms with van der Waals surface area (Å²) < 4.78 is 0. The van der Waals surface area contributed by atoms with Crippen molar-refractivity contribution in [3.8, 4) is 0 Å². The van der Waals surface area contributed by atoms with Crippen LogP contribution in [0.1, 0.15) is 49.8 Å². The molecular formula is C27H27N3O. The predicted molar refractivity (Wildman–Crippen MR) is 124 cm³/mol. The molecule has 1 amide bonds. The van der Waals surface area contributed by atoms with Crippen molar-refractivity contribution in [2.24, 2.45) is 0 Å². The second kappa shape index (κ2) is 9.43. The first-order chi connectivity index (χ1) is 15.1. The van der Waals surface area contributed by atoms with Gasteiger partial charge in [0.1, 0.15) is 0 Å². The van der Waals surface area contributed by atoms with Gasteiger partial charge in [-0.05, 0) is 30.5 Å². The number of hydrogen-bond donors (Lipinski definition) is 2. The average molecular weight is 410 g/mol. The lowest BCUT2D eigenvalue weighted by atomic mass is 10.0. The van der Waals surface area contributed by atoms with Gasteiger partial charge < -0.3 is 10.3 Å². The molecule has 0 saturated carbocycles. The molecule has 0 bridgehead atoms. The fraction of sp³-hybridized carbons (Fsp3) is 0.185. The molecule has 1 aromatic heterocycles. The minimum absolute atomic E-state index is 0.191. The van der Waals surface area contributed by atoms with E-state index in [0.29, 0.717) is 25.2 Å². The van der Waals surface area contributed by atoms with Crippen molar-refractivity contribution < 1.29 is 4.79 Å². The normalized spacial score (nSPS) is 10.8. The van der Waals surface area contributed by atoms with E-state index in [4.69, 9.17) is 0 Å². The third kappa shape index (κ3) is 5.48. The zero-order chi connectivity index (χ0) is 21.6. The second-order valence-corrected chi connectivity index (χ2v) is 8.00. The molecule has 4 rings (SSSR count). The number of benzene rings is 3. The Labute approximate surface area is 183 Å². The van der Waals surface area contributed by atoms with Gasteiger partial charge in [0.05, 0.1) is 5.69 Å². The van der Waals surface area contributed by atoms with Gasteiger partial charge in [-0.25, -0.2) is 4.98 Å². The van der Waals surface area contributed by atoms with Gasteiger partial charge in [0.25, 0.3) is 5.91 Å². The lowest BCUT2D eigenvalue weighted by Crippen LogP contribution is -2.24. The number of carbonyl (C=O) groups excluding carboxylic acids is 1.